The molecule has 1 aromatic heterocycles. The smallest absolute Gasteiger partial charge is 0.219 e. The Morgan fingerprint density at radius 3 is 2.48 bits per heavy atom. The Morgan fingerprint density at radius 1 is 1.19 bits per heavy atom. The summed E-state index contributed by atoms with van der Waals surface area (Å²) in [6, 6.07) is 7.79. The molecular weight excluding hydrogens is 266 g/mol. The van der Waals surface area contributed by atoms with E-state index in [2.05, 4.69) is 9.88 Å². The van der Waals surface area contributed by atoms with Gasteiger partial charge in [0.2, 0.25) is 11.8 Å². The van der Waals surface area contributed by atoms with E-state index >= 15 is 0 Å². The molecule has 3 rings (SSSR count). The third kappa shape index (κ3) is 3.82. The quantitative estimate of drug-likeness (QED) is 0.852. The predicted octanol–water partition coefficient (Wildman–Crippen LogP) is 2.52. The molecule has 0 saturated carbocycles. The summed E-state index contributed by atoms with van der Waals surface area (Å²) < 4.78 is 5.71. The largest absolute Gasteiger partial charge is 0.439 e. The van der Waals surface area contributed by atoms with E-state index < -0.39 is 0 Å². The number of oxazole rings is 1. The molecule has 5 nitrogen and oxygen atoms in total. The number of piperazine rings is 1. The van der Waals surface area contributed by atoms with Crippen LogP contribution in [0.3, 0.4) is 0 Å². The van der Waals surface area contributed by atoms with Crippen molar-refractivity contribution in [3.8, 4) is 0 Å². The van der Waals surface area contributed by atoms with Gasteiger partial charge in [-0.25, -0.2) is 4.98 Å². The van der Waals surface area contributed by atoms with Gasteiger partial charge in [0.15, 0.2) is 5.58 Å². The van der Waals surface area contributed by atoms with Crippen LogP contribution >= 0.6 is 0 Å². The van der Waals surface area contributed by atoms with E-state index in [0.29, 0.717) is 6.54 Å². The van der Waals surface area contributed by atoms with Gasteiger partial charge < -0.3 is 9.32 Å². The van der Waals surface area contributed by atoms with Gasteiger partial charge in [-0.1, -0.05) is 26.0 Å². The molecular formula is C16H23N3O2. The SMILES string of the molecule is CC.CC(=O)N1CCN(Cc2nc3ccccc3o2)CC1. The van der Waals surface area contributed by atoms with Crippen molar-refractivity contribution in [2.45, 2.75) is 27.3 Å². The Kier molecular flexibility index (Phi) is 5.33. The summed E-state index contributed by atoms with van der Waals surface area (Å²) in [5.74, 6) is 0.902. The van der Waals surface area contributed by atoms with Gasteiger partial charge in [-0.3, -0.25) is 9.69 Å². The summed E-state index contributed by atoms with van der Waals surface area (Å²) in [7, 11) is 0. The number of amides is 1. The van der Waals surface area contributed by atoms with Gasteiger partial charge >= 0.3 is 0 Å². The molecule has 21 heavy (non-hydrogen) atoms. The molecule has 1 amide bonds. The molecule has 1 aromatic carbocycles. The van der Waals surface area contributed by atoms with Gasteiger partial charge in [-0.2, -0.15) is 0 Å². The summed E-state index contributed by atoms with van der Waals surface area (Å²) in [5.41, 5.74) is 1.74. The van der Waals surface area contributed by atoms with Crippen molar-refractivity contribution in [3.05, 3.63) is 30.2 Å². The molecule has 0 aliphatic carbocycles. The summed E-state index contributed by atoms with van der Waals surface area (Å²) in [4.78, 5) is 19.9. The summed E-state index contributed by atoms with van der Waals surface area (Å²) >= 11 is 0. The van der Waals surface area contributed by atoms with Crippen LogP contribution in [-0.2, 0) is 11.3 Å². The first kappa shape index (κ1) is 15.5. The van der Waals surface area contributed by atoms with E-state index in [0.717, 1.165) is 43.2 Å². The second kappa shape index (κ2) is 7.22. The Morgan fingerprint density at radius 2 is 1.86 bits per heavy atom. The van der Waals surface area contributed by atoms with Crippen LogP contribution in [0.2, 0.25) is 0 Å². The number of rotatable bonds is 2. The molecule has 114 valence electrons. The molecule has 2 heterocycles. The van der Waals surface area contributed by atoms with Crippen molar-refractivity contribution in [2.75, 3.05) is 26.2 Å². The van der Waals surface area contributed by atoms with Gasteiger partial charge in [0.05, 0.1) is 6.54 Å². The van der Waals surface area contributed by atoms with Crippen LogP contribution in [-0.4, -0.2) is 46.9 Å². The van der Waals surface area contributed by atoms with E-state index in [1.54, 1.807) is 6.92 Å². The second-order valence-electron chi connectivity index (χ2n) is 4.86. The van der Waals surface area contributed by atoms with Crippen LogP contribution in [0.15, 0.2) is 28.7 Å². The van der Waals surface area contributed by atoms with Crippen molar-refractivity contribution in [1.82, 2.24) is 14.8 Å². The fourth-order valence-electron chi connectivity index (χ4n) is 2.40. The number of carbonyl (C=O) groups is 1. The Labute approximate surface area is 125 Å². The van der Waals surface area contributed by atoms with Gasteiger partial charge in [0.1, 0.15) is 5.52 Å². The minimum atomic E-state index is 0.154. The monoisotopic (exact) mass is 289 g/mol. The minimum Gasteiger partial charge on any atom is -0.439 e. The molecule has 1 fully saturated rings. The number of benzene rings is 1. The van der Waals surface area contributed by atoms with Crippen LogP contribution in [0.4, 0.5) is 0 Å². The van der Waals surface area contributed by atoms with Gasteiger partial charge in [0, 0.05) is 33.1 Å². The first-order valence-electron chi connectivity index (χ1n) is 7.55. The number of aromatic nitrogens is 1. The van der Waals surface area contributed by atoms with Crippen molar-refractivity contribution < 1.29 is 9.21 Å². The van der Waals surface area contributed by atoms with Crippen LogP contribution in [0.1, 0.15) is 26.7 Å². The highest BCUT2D eigenvalue weighted by Crippen LogP contribution is 2.16. The van der Waals surface area contributed by atoms with Crippen molar-refractivity contribution in [3.63, 3.8) is 0 Å². The summed E-state index contributed by atoms with van der Waals surface area (Å²) in [5, 5.41) is 0. The minimum absolute atomic E-state index is 0.154. The summed E-state index contributed by atoms with van der Waals surface area (Å²) in [6.07, 6.45) is 0. The fraction of sp³-hybridized carbons (Fsp3) is 0.500. The van der Waals surface area contributed by atoms with Crippen LogP contribution in [0, 0.1) is 0 Å². The average Bonchev–Trinajstić information content (AvgIpc) is 2.92. The Bertz CT molecular complexity index is 553. The van der Waals surface area contributed by atoms with Gasteiger partial charge in [-0.05, 0) is 12.1 Å². The number of para-hydroxylation sites is 2. The average molecular weight is 289 g/mol. The van der Waals surface area contributed by atoms with Crippen LogP contribution in [0.5, 0.6) is 0 Å². The number of fused-ring (bicyclic) bond motifs is 1. The zero-order valence-electron chi connectivity index (χ0n) is 13.0. The van der Waals surface area contributed by atoms with E-state index in [1.807, 2.05) is 43.0 Å². The first-order chi connectivity index (χ1) is 10.2. The Balaban J connectivity index is 0.000000774. The summed E-state index contributed by atoms with van der Waals surface area (Å²) in [6.45, 7) is 9.65. The van der Waals surface area contributed by atoms with Crippen molar-refractivity contribution in [2.24, 2.45) is 0 Å². The lowest BCUT2D eigenvalue weighted by Gasteiger charge is -2.33. The lowest BCUT2D eigenvalue weighted by Crippen LogP contribution is -2.47. The molecule has 0 radical (unpaired) electrons. The van der Waals surface area contributed by atoms with E-state index in [-0.39, 0.29) is 5.91 Å². The highest BCUT2D eigenvalue weighted by Gasteiger charge is 2.20. The maximum atomic E-state index is 11.3. The maximum Gasteiger partial charge on any atom is 0.219 e. The van der Waals surface area contributed by atoms with Gasteiger partial charge in [-0.15, -0.1) is 0 Å². The molecule has 0 spiro atoms. The molecule has 0 N–H and O–H groups in total. The highest BCUT2D eigenvalue weighted by atomic mass is 16.3. The standard InChI is InChI=1S/C14H17N3O2.C2H6/c1-11(18)17-8-6-16(7-9-17)10-14-15-12-4-2-3-5-13(12)19-14;1-2/h2-5H,6-10H2,1H3;1-2H3. The fourth-order valence-corrected chi connectivity index (χ4v) is 2.40. The number of carbonyl (C=O) groups excluding carboxylic acids is 1. The van der Waals surface area contributed by atoms with E-state index in [4.69, 9.17) is 4.42 Å². The third-order valence-electron chi connectivity index (χ3n) is 3.51. The number of nitrogens with zero attached hydrogens (tertiary/aromatic N) is 3. The molecule has 0 unspecified atom stereocenters. The Hall–Kier alpha value is -1.88. The molecule has 1 aliphatic heterocycles. The van der Waals surface area contributed by atoms with Crippen LogP contribution < -0.4 is 0 Å². The zero-order valence-corrected chi connectivity index (χ0v) is 13.0. The van der Waals surface area contributed by atoms with Gasteiger partial charge in [0.25, 0.3) is 0 Å². The molecule has 1 aliphatic rings. The highest BCUT2D eigenvalue weighted by molar-refractivity contribution is 5.73. The van der Waals surface area contributed by atoms with Crippen molar-refractivity contribution in [1.29, 1.82) is 0 Å². The van der Waals surface area contributed by atoms with E-state index in [1.165, 1.54) is 0 Å². The van der Waals surface area contributed by atoms with E-state index in [9.17, 15) is 4.79 Å². The lowest BCUT2D eigenvalue weighted by molar-refractivity contribution is -0.130. The lowest BCUT2D eigenvalue weighted by atomic mass is 10.3. The predicted molar refractivity (Wildman–Crippen MR) is 82.9 cm³/mol. The maximum absolute atomic E-state index is 11.3. The molecule has 1 saturated heterocycles. The van der Waals surface area contributed by atoms with Crippen LogP contribution in [0.25, 0.3) is 11.1 Å². The molecule has 0 bridgehead atoms. The third-order valence-corrected chi connectivity index (χ3v) is 3.51. The molecule has 0 atom stereocenters. The normalized spacial score (nSPS) is 15.7. The van der Waals surface area contributed by atoms with Crippen molar-refractivity contribution >= 4 is 17.0 Å². The number of hydrogen-bond acceptors (Lipinski definition) is 4. The zero-order chi connectivity index (χ0) is 15.2. The second-order valence-corrected chi connectivity index (χ2v) is 4.86. The topological polar surface area (TPSA) is 49.6 Å². The molecule has 2 aromatic rings. The first-order valence-corrected chi connectivity index (χ1v) is 7.55. The molecule has 5 heteroatoms. The number of hydrogen-bond donors (Lipinski definition) is 0.